The molecule has 0 spiro atoms. The monoisotopic (exact) mass is 316 g/mol. The van der Waals surface area contributed by atoms with Crippen molar-refractivity contribution in [3.63, 3.8) is 0 Å². The van der Waals surface area contributed by atoms with Gasteiger partial charge in [-0.2, -0.15) is 4.99 Å². The Balaban J connectivity index is 2.51. The van der Waals surface area contributed by atoms with E-state index in [2.05, 4.69) is 11.9 Å². The van der Waals surface area contributed by atoms with E-state index in [0.29, 0.717) is 21.3 Å². The van der Waals surface area contributed by atoms with Gasteiger partial charge in [0.15, 0.2) is 4.80 Å². The van der Waals surface area contributed by atoms with Crippen molar-refractivity contribution in [3.05, 3.63) is 27.0 Å². The Morgan fingerprint density at radius 3 is 2.84 bits per heavy atom. The van der Waals surface area contributed by atoms with Crippen LogP contribution in [0.15, 0.2) is 17.1 Å². The van der Waals surface area contributed by atoms with Crippen molar-refractivity contribution >= 4 is 50.7 Å². The molecule has 0 aliphatic rings. The second kappa shape index (κ2) is 6.07. The zero-order chi connectivity index (χ0) is 14.0. The highest BCUT2D eigenvalue weighted by Crippen LogP contribution is 2.29. The Bertz CT molecular complexity index is 688. The number of aryl methyl sites for hydroxylation is 1. The molecule has 1 aromatic heterocycles. The fourth-order valence-corrected chi connectivity index (χ4v) is 3.64. The van der Waals surface area contributed by atoms with Crippen LogP contribution in [0.25, 0.3) is 10.2 Å². The highest BCUT2D eigenvalue weighted by molar-refractivity contribution is 7.16. The molecular formula is C13H14Cl2N2OS. The molecule has 0 saturated carbocycles. The lowest BCUT2D eigenvalue weighted by molar-refractivity contribution is -0.118. The summed E-state index contributed by atoms with van der Waals surface area (Å²) in [7, 11) is 1.85. The van der Waals surface area contributed by atoms with Gasteiger partial charge in [-0.05, 0) is 18.6 Å². The zero-order valence-electron chi connectivity index (χ0n) is 10.7. The van der Waals surface area contributed by atoms with Gasteiger partial charge in [0.2, 0.25) is 5.91 Å². The predicted molar refractivity (Wildman–Crippen MR) is 80.9 cm³/mol. The Morgan fingerprint density at radius 2 is 2.16 bits per heavy atom. The second-order valence-corrected chi connectivity index (χ2v) is 6.14. The summed E-state index contributed by atoms with van der Waals surface area (Å²) in [5, 5.41) is 1.16. The Labute approximate surface area is 125 Å². The van der Waals surface area contributed by atoms with Crippen LogP contribution in [-0.4, -0.2) is 10.5 Å². The maximum absolute atomic E-state index is 11.7. The highest BCUT2D eigenvalue weighted by Gasteiger charge is 2.09. The van der Waals surface area contributed by atoms with Crippen molar-refractivity contribution in [2.75, 3.05) is 0 Å². The summed E-state index contributed by atoms with van der Waals surface area (Å²) in [6.07, 6.45) is 2.34. The summed E-state index contributed by atoms with van der Waals surface area (Å²) in [4.78, 5) is 16.5. The van der Waals surface area contributed by atoms with E-state index in [1.807, 2.05) is 17.7 Å². The first-order chi connectivity index (χ1) is 9.02. The van der Waals surface area contributed by atoms with Crippen molar-refractivity contribution < 1.29 is 4.79 Å². The summed E-state index contributed by atoms with van der Waals surface area (Å²) in [5.41, 5.74) is 0.859. The molecule has 6 heteroatoms. The third kappa shape index (κ3) is 3.19. The second-order valence-electron chi connectivity index (χ2n) is 4.29. The van der Waals surface area contributed by atoms with Crippen molar-refractivity contribution in [2.24, 2.45) is 12.0 Å². The number of nitrogens with zero attached hydrogens (tertiary/aromatic N) is 2. The molecule has 0 aliphatic heterocycles. The van der Waals surface area contributed by atoms with E-state index in [4.69, 9.17) is 23.2 Å². The van der Waals surface area contributed by atoms with Crippen molar-refractivity contribution in [3.8, 4) is 0 Å². The maximum atomic E-state index is 11.7. The standard InChI is InChI=1S/C13H14Cl2N2OS/c1-3-4-5-11(18)16-13-17(2)12-9(15)6-8(14)7-10(12)19-13/h6-7H,3-5H2,1-2H3. The quantitative estimate of drug-likeness (QED) is 0.837. The molecule has 2 rings (SSSR count). The lowest BCUT2D eigenvalue weighted by Crippen LogP contribution is -2.13. The van der Waals surface area contributed by atoms with Gasteiger partial charge in [-0.15, -0.1) is 0 Å². The van der Waals surface area contributed by atoms with Crippen molar-refractivity contribution in [1.82, 2.24) is 4.57 Å². The molecule has 0 atom stereocenters. The number of fused-ring (bicyclic) bond motifs is 1. The van der Waals surface area contributed by atoms with E-state index in [9.17, 15) is 4.79 Å². The molecule has 0 aliphatic carbocycles. The minimum Gasteiger partial charge on any atom is -0.318 e. The number of hydrogen-bond acceptors (Lipinski definition) is 2. The number of rotatable bonds is 3. The number of aromatic nitrogens is 1. The summed E-state index contributed by atoms with van der Waals surface area (Å²) in [5.74, 6) is -0.0915. The number of hydrogen-bond donors (Lipinski definition) is 0. The van der Waals surface area contributed by atoms with Crippen LogP contribution < -0.4 is 4.80 Å². The fourth-order valence-electron chi connectivity index (χ4n) is 1.80. The first kappa shape index (κ1) is 14.6. The lowest BCUT2D eigenvalue weighted by atomic mass is 10.2. The number of carbonyl (C=O) groups is 1. The number of thiazole rings is 1. The van der Waals surface area contributed by atoms with E-state index >= 15 is 0 Å². The van der Waals surface area contributed by atoms with Gasteiger partial charge in [-0.3, -0.25) is 4.79 Å². The molecule has 0 bridgehead atoms. The van der Waals surface area contributed by atoms with Crippen LogP contribution >= 0.6 is 34.5 Å². The molecule has 2 aromatic rings. The fraction of sp³-hybridized carbons (Fsp3) is 0.385. The number of amides is 1. The molecule has 0 radical (unpaired) electrons. The number of unbranched alkanes of at least 4 members (excludes halogenated alkanes) is 1. The average molecular weight is 317 g/mol. The largest absolute Gasteiger partial charge is 0.318 e. The summed E-state index contributed by atoms with van der Waals surface area (Å²) in [6.45, 7) is 2.05. The Morgan fingerprint density at radius 1 is 1.42 bits per heavy atom. The normalized spacial score (nSPS) is 12.3. The minimum absolute atomic E-state index is 0.0915. The number of halogens is 2. The van der Waals surface area contributed by atoms with Crippen molar-refractivity contribution in [1.29, 1.82) is 0 Å². The Kier molecular flexibility index (Phi) is 4.66. The molecule has 0 fully saturated rings. The molecule has 0 saturated heterocycles. The smallest absolute Gasteiger partial charge is 0.248 e. The van der Waals surface area contributed by atoms with Crippen LogP contribution in [0, 0.1) is 0 Å². The molecule has 0 unspecified atom stereocenters. The van der Waals surface area contributed by atoms with Gasteiger partial charge < -0.3 is 4.57 Å². The van der Waals surface area contributed by atoms with Crippen LogP contribution in [0.4, 0.5) is 0 Å². The van der Waals surface area contributed by atoms with Gasteiger partial charge in [-0.25, -0.2) is 0 Å². The van der Waals surface area contributed by atoms with E-state index in [1.165, 1.54) is 11.3 Å². The van der Waals surface area contributed by atoms with Gasteiger partial charge in [-0.1, -0.05) is 47.9 Å². The topological polar surface area (TPSA) is 34.4 Å². The molecule has 19 heavy (non-hydrogen) atoms. The molecule has 1 heterocycles. The maximum Gasteiger partial charge on any atom is 0.248 e. The van der Waals surface area contributed by atoms with Gasteiger partial charge in [0.25, 0.3) is 0 Å². The van der Waals surface area contributed by atoms with Crippen molar-refractivity contribution in [2.45, 2.75) is 26.2 Å². The SMILES string of the molecule is CCCCC(=O)N=c1sc2cc(Cl)cc(Cl)c2n1C. The van der Waals surface area contributed by atoms with Crippen LogP contribution in [0.3, 0.4) is 0 Å². The third-order valence-corrected chi connectivity index (χ3v) is 4.37. The average Bonchev–Trinajstić information content (AvgIpc) is 2.63. The number of carbonyl (C=O) groups excluding carboxylic acids is 1. The summed E-state index contributed by atoms with van der Waals surface area (Å²) < 4.78 is 2.77. The number of benzene rings is 1. The first-order valence-electron chi connectivity index (χ1n) is 6.05. The van der Waals surface area contributed by atoms with Crippen LogP contribution in [0.1, 0.15) is 26.2 Å². The van der Waals surface area contributed by atoms with Gasteiger partial charge >= 0.3 is 0 Å². The van der Waals surface area contributed by atoms with Crippen LogP contribution in [0.2, 0.25) is 10.0 Å². The van der Waals surface area contributed by atoms with E-state index in [0.717, 1.165) is 23.1 Å². The molecule has 0 N–H and O–H groups in total. The Hall–Kier alpha value is -0.840. The summed E-state index contributed by atoms with van der Waals surface area (Å²) in [6, 6.07) is 3.53. The van der Waals surface area contributed by atoms with Gasteiger partial charge in [0, 0.05) is 18.5 Å². The van der Waals surface area contributed by atoms with E-state index < -0.39 is 0 Å². The third-order valence-electron chi connectivity index (χ3n) is 2.78. The molecule has 3 nitrogen and oxygen atoms in total. The molecular weight excluding hydrogens is 303 g/mol. The molecule has 1 aromatic carbocycles. The lowest BCUT2D eigenvalue weighted by Gasteiger charge is -1.99. The zero-order valence-corrected chi connectivity index (χ0v) is 13.1. The molecule has 102 valence electrons. The van der Waals surface area contributed by atoms with E-state index in [1.54, 1.807) is 6.07 Å². The van der Waals surface area contributed by atoms with Gasteiger partial charge in [0.1, 0.15) is 0 Å². The highest BCUT2D eigenvalue weighted by atomic mass is 35.5. The predicted octanol–water partition coefficient (Wildman–Crippen LogP) is 4.16. The van der Waals surface area contributed by atoms with Crippen LogP contribution in [0.5, 0.6) is 0 Å². The van der Waals surface area contributed by atoms with Gasteiger partial charge in [0.05, 0.1) is 15.2 Å². The van der Waals surface area contributed by atoms with E-state index in [-0.39, 0.29) is 5.91 Å². The molecule has 1 amide bonds. The van der Waals surface area contributed by atoms with Crippen LogP contribution in [-0.2, 0) is 11.8 Å². The minimum atomic E-state index is -0.0915. The first-order valence-corrected chi connectivity index (χ1v) is 7.62. The summed E-state index contributed by atoms with van der Waals surface area (Å²) >= 11 is 13.6.